The van der Waals surface area contributed by atoms with E-state index in [0.29, 0.717) is 37.8 Å². The molecular formula is C53H90N6O14. The van der Waals surface area contributed by atoms with Crippen molar-refractivity contribution < 1.29 is 67.1 Å². The molecule has 5 N–H and O–H groups in total. The van der Waals surface area contributed by atoms with E-state index < -0.39 is 97.1 Å². The number of amides is 5. The van der Waals surface area contributed by atoms with Crippen molar-refractivity contribution in [2.75, 3.05) is 61.7 Å². The number of benzene rings is 1. The summed E-state index contributed by atoms with van der Waals surface area (Å²) >= 11 is 0. The maximum atomic E-state index is 14.3. The van der Waals surface area contributed by atoms with Crippen molar-refractivity contribution in [3.63, 3.8) is 0 Å². The first-order valence-electron chi connectivity index (χ1n) is 26.0. The fourth-order valence-electron chi connectivity index (χ4n) is 9.20. The molecule has 0 spiro atoms. The first-order valence-corrected chi connectivity index (χ1v) is 26.0. The number of likely N-dealkylation sites (N-methyl/N-ethyl adjacent to an activating group) is 1. The molecule has 4 unspecified atom stereocenters. The number of hydrogen-bond acceptors (Lipinski definition) is 15. The fraction of sp³-hybridized carbons (Fsp3) is 0.755. The van der Waals surface area contributed by atoms with Crippen LogP contribution in [0.15, 0.2) is 30.3 Å². The van der Waals surface area contributed by atoms with Gasteiger partial charge < -0.3 is 59.7 Å². The maximum absolute atomic E-state index is 14.3. The Labute approximate surface area is 434 Å². The number of esters is 2. The summed E-state index contributed by atoms with van der Waals surface area (Å²) in [5.74, 6) is -4.08. The quantitative estimate of drug-likeness (QED) is 0.0488. The number of aliphatic hydroxyl groups excluding tert-OH is 1. The number of carbonyl (C=O) groups excluding carboxylic acids is 7. The minimum absolute atomic E-state index is 0.0107. The predicted molar refractivity (Wildman–Crippen MR) is 274 cm³/mol. The van der Waals surface area contributed by atoms with Crippen molar-refractivity contribution in [1.29, 1.82) is 0 Å². The molecule has 416 valence electrons. The molecule has 20 nitrogen and oxygen atoms in total. The smallest absolute Gasteiger partial charge is 0.326 e. The summed E-state index contributed by atoms with van der Waals surface area (Å²) in [6.45, 7) is 16.5. The largest absolute Gasteiger partial charge is 0.460 e. The number of nitrogens with zero attached hydrogens (tertiary/aromatic N) is 2. The molecule has 2 rings (SSSR count). The Balaban J connectivity index is 2.11. The van der Waals surface area contributed by atoms with Crippen molar-refractivity contribution in [3.8, 4) is 0 Å². The van der Waals surface area contributed by atoms with Crippen LogP contribution in [-0.2, 0) is 62.0 Å². The summed E-state index contributed by atoms with van der Waals surface area (Å²) < 4.78 is 33.7. The second-order valence-electron chi connectivity index (χ2n) is 20.0. The van der Waals surface area contributed by atoms with Crippen LogP contribution < -0.4 is 21.3 Å². The van der Waals surface area contributed by atoms with Crippen LogP contribution in [0.25, 0.3) is 0 Å². The number of methoxy groups -OCH3 is 3. The summed E-state index contributed by atoms with van der Waals surface area (Å²) in [5, 5.41) is 21.0. The van der Waals surface area contributed by atoms with E-state index in [2.05, 4.69) is 21.3 Å². The number of likely N-dealkylation sites (tertiary alicyclic amines) is 1. The normalized spacial score (nSPS) is 18.3. The highest BCUT2D eigenvalue weighted by atomic mass is 16.7. The Morgan fingerprint density at radius 3 is 2.01 bits per heavy atom. The van der Waals surface area contributed by atoms with Crippen LogP contribution in [0.5, 0.6) is 0 Å². The Bertz CT molecular complexity index is 1840. The lowest BCUT2D eigenvalue weighted by Gasteiger charge is -2.37. The van der Waals surface area contributed by atoms with Crippen molar-refractivity contribution in [3.05, 3.63) is 35.9 Å². The molecule has 1 aliphatic rings. The lowest BCUT2D eigenvalue weighted by Crippen LogP contribution is -2.59. The number of nitrogens with one attached hydrogen (secondary N) is 4. The highest BCUT2D eigenvalue weighted by Gasteiger charge is 2.42. The molecule has 5 amide bonds. The zero-order chi connectivity index (χ0) is 54.9. The summed E-state index contributed by atoms with van der Waals surface area (Å²) in [5.41, 5.74) is 0.604. The zero-order valence-corrected chi connectivity index (χ0v) is 46.1. The SMILES string of the molecule is CCC(CO)OC(COC(=O)CCCC(=O)NCC(=O)OC(c1ccccc1)[C@@H](C)NC(=O)[C@H](C)[C@@H](OC)[C@@H]1CCCN1C(=O)C[C@@H](OC)[C@@H](NC(=O)C(NC(=O)[C@H](C(C)C)N(C)C)C(C)C)[C@@H](C)CC)OC. The molecule has 1 fully saturated rings. The summed E-state index contributed by atoms with van der Waals surface area (Å²) in [6, 6.07) is 5.85. The van der Waals surface area contributed by atoms with E-state index in [1.54, 1.807) is 49.1 Å². The summed E-state index contributed by atoms with van der Waals surface area (Å²) in [6.07, 6.45) is -1.22. The number of rotatable bonds is 34. The predicted octanol–water partition coefficient (Wildman–Crippen LogP) is 3.67. The molecule has 1 aliphatic heterocycles. The molecule has 1 aromatic rings. The second kappa shape index (κ2) is 33.2. The summed E-state index contributed by atoms with van der Waals surface area (Å²) in [7, 11) is 8.07. The molecule has 20 heteroatoms. The van der Waals surface area contributed by atoms with Crippen LogP contribution in [0.1, 0.15) is 125 Å². The van der Waals surface area contributed by atoms with Crippen molar-refractivity contribution >= 4 is 41.5 Å². The van der Waals surface area contributed by atoms with Gasteiger partial charge in [-0.3, -0.25) is 38.5 Å². The molecule has 0 bridgehead atoms. The van der Waals surface area contributed by atoms with Crippen molar-refractivity contribution in [2.24, 2.45) is 23.7 Å². The molecule has 1 saturated heterocycles. The van der Waals surface area contributed by atoms with Gasteiger partial charge >= 0.3 is 11.9 Å². The standard InChI is InChI=1S/C53H90N6O14/c1-15-34(7)47(57-52(66)46(32(3)4)56-53(67)48(33(5)6)58(10)11)40(68-12)28-42(62)59-27-21-24-39(59)49(70-14)35(8)51(65)55-36(9)50(37-22-18-17-19-23-37)73-44(64)29-54-41(61)25-20-26-43(63)71-31-45(69-13)72-38(16-2)30-60/h17-19,22-23,32-36,38-40,45-50,60H,15-16,20-21,24-31H2,1-14H3,(H,54,61)(H,55,65)(H,56,67)(H,57,66)/t34-,35+,36+,38?,39-,40+,45?,46?,47-,48-,49+,50?/m0/s1. The minimum atomic E-state index is -0.945. The van der Waals surface area contributed by atoms with E-state index in [4.69, 9.17) is 28.4 Å². The van der Waals surface area contributed by atoms with Gasteiger partial charge in [-0.1, -0.05) is 92.1 Å². The monoisotopic (exact) mass is 1030 g/mol. The second-order valence-corrected chi connectivity index (χ2v) is 20.0. The van der Waals surface area contributed by atoms with Gasteiger partial charge in [-0.2, -0.15) is 0 Å². The maximum Gasteiger partial charge on any atom is 0.326 e. The van der Waals surface area contributed by atoms with Crippen LogP contribution in [0.4, 0.5) is 0 Å². The van der Waals surface area contributed by atoms with Crippen molar-refractivity contribution in [2.45, 2.75) is 175 Å². The van der Waals surface area contributed by atoms with E-state index in [1.165, 1.54) is 21.3 Å². The highest BCUT2D eigenvalue weighted by molar-refractivity contribution is 5.90. The molecular weight excluding hydrogens is 945 g/mol. The third-order valence-electron chi connectivity index (χ3n) is 13.6. The lowest BCUT2D eigenvalue weighted by molar-refractivity contribution is -0.194. The van der Waals surface area contributed by atoms with Gasteiger partial charge in [0, 0.05) is 40.7 Å². The van der Waals surface area contributed by atoms with Crippen LogP contribution >= 0.6 is 0 Å². The Morgan fingerprint density at radius 1 is 0.795 bits per heavy atom. The Kier molecular flexibility index (Phi) is 29.3. The fourth-order valence-corrected chi connectivity index (χ4v) is 9.20. The third-order valence-corrected chi connectivity index (χ3v) is 13.6. The third kappa shape index (κ3) is 20.8. The van der Waals surface area contributed by atoms with E-state index in [0.717, 1.165) is 0 Å². The van der Waals surface area contributed by atoms with Gasteiger partial charge in [-0.25, -0.2) is 0 Å². The molecule has 0 radical (unpaired) electrons. The first-order chi connectivity index (χ1) is 34.6. The number of aliphatic hydroxyl groups is 1. The molecule has 0 aliphatic carbocycles. The number of hydrogen-bond donors (Lipinski definition) is 5. The molecule has 1 heterocycles. The van der Waals surface area contributed by atoms with Crippen LogP contribution in [-0.4, -0.2) is 173 Å². The van der Waals surface area contributed by atoms with Crippen molar-refractivity contribution in [1.82, 2.24) is 31.1 Å². The molecule has 0 aromatic heterocycles. The topological polar surface area (TPSA) is 250 Å². The molecule has 12 atom stereocenters. The van der Waals surface area contributed by atoms with Gasteiger partial charge in [0.05, 0.1) is 61.4 Å². The van der Waals surface area contributed by atoms with E-state index in [9.17, 15) is 38.7 Å². The highest BCUT2D eigenvalue weighted by Crippen LogP contribution is 2.29. The molecule has 1 aromatic carbocycles. The van der Waals surface area contributed by atoms with Gasteiger partial charge in [0.1, 0.15) is 25.3 Å². The number of carbonyl (C=O) groups is 7. The van der Waals surface area contributed by atoms with E-state index >= 15 is 0 Å². The van der Waals surface area contributed by atoms with Gasteiger partial charge in [-0.15, -0.1) is 0 Å². The molecule has 73 heavy (non-hydrogen) atoms. The average Bonchev–Trinajstić information content (AvgIpc) is 3.84. The summed E-state index contributed by atoms with van der Waals surface area (Å²) in [4.78, 5) is 97.6. The van der Waals surface area contributed by atoms with Gasteiger partial charge in [0.25, 0.3) is 0 Å². The van der Waals surface area contributed by atoms with Gasteiger partial charge in [-0.05, 0) is 70.0 Å². The van der Waals surface area contributed by atoms with Crippen LogP contribution in [0, 0.1) is 23.7 Å². The Hall–Kier alpha value is -4.73. The van der Waals surface area contributed by atoms with E-state index in [-0.39, 0.29) is 74.4 Å². The van der Waals surface area contributed by atoms with Gasteiger partial charge in [0.2, 0.25) is 29.5 Å². The first kappa shape index (κ1) is 64.4. The van der Waals surface area contributed by atoms with Gasteiger partial charge in [0.15, 0.2) is 6.29 Å². The van der Waals surface area contributed by atoms with Crippen LogP contribution in [0.3, 0.4) is 0 Å². The Morgan fingerprint density at radius 2 is 1.47 bits per heavy atom. The number of ether oxygens (including phenoxy) is 6. The minimum Gasteiger partial charge on any atom is -0.460 e. The lowest BCUT2D eigenvalue weighted by atomic mass is 9.90. The van der Waals surface area contributed by atoms with Crippen LogP contribution in [0.2, 0.25) is 0 Å². The average molecular weight is 1040 g/mol. The zero-order valence-electron chi connectivity index (χ0n) is 46.1. The van der Waals surface area contributed by atoms with E-state index in [1.807, 2.05) is 67.5 Å². The molecule has 0 saturated carbocycles.